The number of aliphatic hydroxyl groups excluding tert-OH is 3. The number of aliphatic hydroxyl groups is 3. The number of fused-ring (bicyclic) bond motifs is 5. The Balaban J connectivity index is 1.07. The van der Waals surface area contributed by atoms with E-state index < -0.39 is 0 Å². The second-order valence-corrected chi connectivity index (χ2v) is 16.7. The second kappa shape index (κ2) is 13.7. The lowest BCUT2D eigenvalue weighted by atomic mass is 9.43. The van der Waals surface area contributed by atoms with Gasteiger partial charge in [0.25, 0.3) is 0 Å². The third kappa shape index (κ3) is 6.94. The van der Waals surface area contributed by atoms with E-state index in [0.29, 0.717) is 36.0 Å². The van der Waals surface area contributed by atoms with Gasteiger partial charge in [0.05, 0.1) is 45.5 Å². The summed E-state index contributed by atoms with van der Waals surface area (Å²) in [5.41, 5.74) is 1.29. The fourth-order valence-electron chi connectivity index (χ4n) is 11.0. The van der Waals surface area contributed by atoms with Crippen molar-refractivity contribution in [2.75, 3.05) is 33.7 Å². The Morgan fingerprint density at radius 3 is 2.45 bits per heavy atom. The topological polar surface area (TPSA) is 89.8 Å². The molecular formula is C38H63N2O4+. The lowest BCUT2D eigenvalue weighted by Crippen LogP contribution is -2.62. The molecule has 0 saturated heterocycles. The first kappa shape index (κ1) is 33.9. The third-order valence-electron chi connectivity index (χ3n) is 13.7. The Labute approximate surface area is 267 Å². The van der Waals surface area contributed by atoms with Crippen LogP contribution in [0.15, 0.2) is 30.3 Å². The SMILES string of the molecule is C[C@H](CCC(=O)NCCC[N+](C)(C)CCCc1ccccc1)[C@H]1CCC2C3C(O)CC4C[C@H](O)CC[C@]4(C)C3C[C@H](O)[C@@]21C. The normalized spacial score (nSPS) is 39.2. The lowest BCUT2D eigenvalue weighted by molar-refractivity contribution is -0.890. The minimum absolute atomic E-state index is 0.101. The molecule has 248 valence electrons. The number of rotatable bonds is 12. The van der Waals surface area contributed by atoms with Crippen molar-refractivity contribution < 1.29 is 24.6 Å². The molecule has 0 aromatic heterocycles. The average Bonchev–Trinajstić information content (AvgIpc) is 3.34. The van der Waals surface area contributed by atoms with Gasteiger partial charge in [0.2, 0.25) is 5.91 Å². The molecule has 5 unspecified atom stereocenters. The van der Waals surface area contributed by atoms with E-state index in [-0.39, 0.29) is 41.0 Å². The van der Waals surface area contributed by atoms with E-state index in [1.807, 2.05) is 0 Å². The molecule has 6 nitrogen and oxygen atoms in total. The van der Waals surface area contributed by atoms with Crippen molar-refractivity contribution in [1.29, 1.82) is 0 Å². The van der Waals surface area contributed by atoms with Crippen molar-refractivity contribution in [3.8, 4) is 0 Å². The van der Waals surface area contributed by atoms with Gasteiger partial charge in [-0.05, 0) is 110 Å². The molecule has 0 spiro atoms. The van der Waals surface area contributed by atoms with Gasteiger partial charge in [0.15, 0.2) is 0 Å². The molecule has 0 bridgehead atoms. The Hall–Kier alpha value is -1.47. The van der Waals surface area contributed by atoms with Gasteiger partial charge in [0.1, 0.15) is 0 Å². The molecule has 11 atom stereocenters. The molecule has 1 aromatic carbocycles. The predicted molar refractivity (Wildman–Crippen MR) is 177 cm³/mol. The van der Waals surface area contributed by atoms with Crippen LogP contribution in [0.3, 0.4) is 0 Å². The molecule has 1 amide bonds. The van der Waals surface area contributed by atoms with Crippen molar-refractivity contribution >= 4 is 5.91 Å². The number of hydrogen-bond acceptors (Lipinski definition) is 4. The monoisotopic (exact) mass is 611 g/mol. The quantitative estimate of drug-likeness (QED) is 0.184. The number of nitrogens with zero attached hydrogens (tertiary/aromatic N) is 1. The van der Waals surface area contributed by atoms with Crippen LogP contribution >= 0.6 is 0 Å². The molecule has 0 radical (unpaired) electrons. The molecule has 4 aliphatic carbocycles. The van der Waals surface area contributed by atoms with Crippen molar-refractivity contribution in [2.45, 2.75) is 116 Å². The standard InChI is InChI=1S/C38H62N2O4/c1-26(14-17-35(44)39-20-10-22-40(4,5)21-9-13-27-11-7-6-8-12-27)30-15-16-31-36-32(25-34(43)38(30,31)3)37(2)19-18-29(41)23-28(37)24-33(36)42/h6-8,11-12,26,28-34,36,41-43H,9-10,13-25H2,1-5H3/p+1/t26-,28?,29-,30-,31?,32?,33?,34+,36?,37+,38-/m1/s1. The number of quaternary nitrogens is 1. The van der Waals surface area contributed by atoms with Crippen LogP contribution in [-0.2, 0) is 11.2 Å². The molecule has 4 fully saturated rings. The van der Waals surface area contributed by atoms with Crippen LogP contribution in [0.2, 0.25) is 0 Å². The summed E-state index contributed by atoms with van der Waals surface area (Å²) in [6, 6.07) is 10.7. The van der Waals surface area contributed by atoms with Gasteiger partial charge in [-0.1, -0.05) is 51.1 Å². The Kier molecular flexibility index (Phi) is 10.6. The highest BCUT2D eigenvalue weighted by Crippen LogP contribution is 2.68. The zero-order chi connectivity index (χ0) is 31.7. The Bertz CT molecular complexity index is 1100. The summed E-state index contributed by atoms with van der Waals surface area (Å²) in [5.74, 6) is 2.11. The van der Waals surface area contributed by atoms with Crippen LogP contribution in [0.5, 0.6) is 0 Å². The van der Waals surface area contributed by atoms with Crippen molar-refractivity contribution in [3.63, 3.8) is 0 Å². The van der Waals surface area contributed by atoms with Gasteiger partial charge in [0, 0.05) is 25.8 Å². The van der Waals surface area contributed by atoms with Gasteiger partial charge in [-0.2, -0.15) is 0 Å². The van der Waals surface area contributed by atoms with Crippen LogP contribution in [0, 0.1) is 46.3 Å². The van der Waals surface area contributed by atoms with Crippen LogP contribution in [0.1, 0.15) is 97.0 Å². The molecule has 1 aromatic rings. The molecule has 0 aliphatic heterocycles. The maximum Gasteiger partial charge on any atom is 0.220 e. The number of hydrogen-bond donors (Lipinski definition) is 4. The second-order valence-electron chi connectivity index (χ2n) is 16.7. The minimum atomic E-state index is -0.374. The maximum atomic E-state index is 12.8. The van der Waals surface area contributed by atoms with Crippen molar-refractivity contribution in [1.82, 2.24) is 5.32 Å². The van der Waals surface area contributed by atoms with E-state index in [9.17, 15) is 20.1 Å². The highest BCUT2D eigenvalue weighted by Gasteiger charge is 2.65. The van der Waals surface area contributed by atoms with Gasteiger partial charge in [-0.3, -0.25) is 4.79 Å². The Morgan fingerprint density at radius 1 is 0.977 bits per heavy atom. The van der Waals surface area contributed by atoms with E-state index in [4.69, 9.17) is 0 Å². The summed E-state index contributed by atoms with van der Waals surface area (Å²) >= 11 is 0. The van der Waals surface area contributed by atoms with Crippen molar-refractivity contribution in [3.05, 3.63) is 35.9 Å². The Morgan fingerprint density at radius 2 is 1.70 bits per heavy atom. The summed E-state index contributed by atoms with van der Waals surface area (Å²) in [6.45, 7) is 9.90. The fourth-order valence-corrected chi connectivity index (χ4v) is 11.0. The summed E-state index contributed by atoms with van der Waals surface area (Å²) < 4.78 is 0.974. The lowest BCUT2D eigenvalue weighted by Gasteiger charge is -2.63. The van der Waals surface area contributed by atoms with E-state index in [2.05, 4.69) is 70.5 Å². The number of benzene rings is 1. The number of carbonyl (C=O) groups excluding carboxylic acids is 1. The number of carbonyl (C=O) groups is 1. The predicted octanol–water partition coefficient (Wildman–Crippen LogP) is 5.58. The molecule has 4 aliphatic rings. The van der Waals surface area contributed by atoms with E-state index in [0.717, 1.165) is 88.3 Å². The highest BCUT2D eigenvalue weighted by atomic mass is 16.3. The highest BCUT2D eigenvalue weighted by molar-refractivity contribution is 5.75. The first-order valence-corrected chi connectivity index (χ1v) is 18.0. The smallest absolute Gasteiger partial charge is 0.220 e. The summed E-state index contributed by atoms with van der Waals surface area (Å²) in [5, 5.41) is 36.9. The van der Waals surface area contributed by atoms with Gasteiger partial charge >= 0.3 is 0 Å². The minimum Gasteiger partial charge on any atom is -0.393 e. The molecule has 4 saturated carbocycles. The molecule has 0 heterocycles. The summed E-state index contributed by atoms with van der Waals surface area (Å²) in [7, 11) is 4.58. The molecule has 6 heteroatoms. The third-order valence-corrected chi connectivity index (χ3v) is 13.7. The first-order valence-electron chi connectivity index (χ1n) is 18.0. The van der Waals surface area contributed by atoms with Gasteiger partial charge < -0.3 is 25.1 Å². The van der Waals surface area contributed by atoms with Crippen LogP contribution in [0.25, 0.3) is 0 Å². The summed E-state index contributed by atoms with van der Waals surface area (Å²) in [6.07, 6.45) is 10.0. The largest absolute Gasteiger partial charge is 0.393 e. The van der Waals surface area contributed by atoms with Gasteiger partial charge in [-0.15, -0.1) is 0 Å². The molecule has 5 rings (SSSR count). The van der Waals surface area contributed by atoms with Crippen LogP contribution < -0.4 is 5.32 Å². The van der Waals surface area contributed by atoms with E-state index >= 15 is 0 Å². The molecule has 44 heavy (non-hydrogen) atoms. The van der Waals surface area contributed by atoms with Gasteiger partial charge in [-0.25, -0.2) is 0 Å². The fraction of sp³-hybridized carbons (Fsp3) is 0.816. The average molecular weight is 612 g/mol. The molecule has 4 N–H and O–H groups in total. The first-order chi connectivity index (χ1) is 20.8. The van der Waals surface area contributed by atoms with Crippen LogP contribution in [-0.4, -0.2) is 77.8 Å². The van der Waals surface area contributed by atoms with Crippen molar-refractivity contribution in [2.24, 2.45) is 46.3 Å². The van der Waals surface area contributed by atoms with E-state index in [1.165, 1.54) is 12.0 Å². The zero-order valence-electron chi connectivity index (χ0n) is 28.4. The number of amides is 1. The van der Waals surface area contributed by atoms with E-state index in [1.54, 1.807) is 0 Å². The number of aryl methyl sites for hydroxylation is 1. The zero-order valence-corrected chi connectivity index (χ0v) is 28.4. The molecular weight excluding hydrogens is 548 g/mol. The maximum absolute atomic E-state index is 12.8. The number of nitrogens with one attached hydrogen (secondary N) is 1. The summed E-state index contributed by atoms with van der Waals surface area (Å²) in [4.78, 5) is 12.8. The van der Waals surface area contributed by atoms with Crippen LogP contribution in [0.4, 0.5) is 0 Å².